The molecule has 0 amide bonds. The van der Waals surface area contributed by atoms with Crippen LogP contribution in [-0.4, -0.2) is 0 Å². The molecule has 17 aromatic rings. The first-order chi connectivity index (χ1) is 42.3. The average Bonchev–Trinajstić information content (AvgIpc) is 3.95. The van der Waals surface area contributed by atoms with Gasteiger partial charge in [0, 0.05) is 31.2 Å². The second kappa shape index (κ2) is 18.0. The lowest BCUT2D eigenvalue weighted by atomic mass is 9.69. The van der Waals surface area contributed by atoms with Crippen LogP contribution in [0.4, 0.5) is 0 Å². The van der Waals surface area contributed by atoms with Crippen LogP contribution in [-0.2, 0) is 5.41 Å². The highest BCUT2D eigenvalue weighted by Gasteiger charge is 2.53. The lowest BCUT2D eigenvalue weighted by molar-refractivity contribution is 0.802. The van der Waals surface area contributed by atoms with E-state index in [1.165, 1.54) is 174 Å². The summed E-state index contributed by atoms with van der Waals surface area (Å²) in [7, 11) is -1.53. The highest BCUT2D eigenvalue weighted by Crippen LogP contribution is 2.67. The Balaban J connectivity index is 0.964. The van der Waals surface area contributed by atoms with Crippen molar-refractivity contribution in [1.29, 1.82) is 0 Å². The van der Waals surface area contributed by atoms with Gasteiger partial charge in [-0.1, -0.05) is 300 Å². The average molecular weight is 1110 g/mol. The van der Waals surface area contributed by atoms with Crippen LogP contribution < -0.4 is 0 Å². The second-order valence-corrected chi connectivity index (χ2v) is 27.5. The molecule has 0 N–H and O–H groups in total. The maximum atomic E-state index is 2.58. The molecule has 2 aliphatic carbocycles. The van der Waals surface area contributed by atoms with E-state index >= 15 is 0 Å². The lowest BCUT2D eigenvalue weighted by Gasteiger charge is -2.32. The predicted molar refractivity (Wildman–Crippen MR) is 367 cm³/mol. The van der Waals surface area contributed by atoms with Gasteiger partial charge >= 0.3 is 0 Å². The van der Waals surface area contributed by atoms with E-state index in [9.17, 15) is 0 Å². The maximum absolute atomic E-state index is 2.58. The van der Waals surface area contributed by atoms with E-state index < -0.39 is 20.5 Å². The van der Waals surface area contributed by atoms with Crippen molar-refractivity contribution < 1.29 is 0 Å². The summed E-state index contributed by atoms with van der Waals surface area (Å²) in [5, 5.41) is 24.1. The molecule has 392 valence electrons. The number of fused-ring (bicyclic) bond motifs is 23. The highest BCUT2D eigenvalue weighted by atomic mass is 31.1. The highest BCUT2D eigenvalue weighted by molar-refractivity contribution is 7.68. The van der Waals surface area contributed by atoms with Gasteiger partial charge in [-0.15, -0.1) is 0 Å². The zero-order chi connectivity index (χ0) is 55.5. The van der Waals surface area contributed by atoms with Crippen molar-refractivity contribution in [2.45, 2.75) is 5.41 Å². The van der Waals surface area contributed by atoms with Gasteiger partial charge in [0.2, 0.25) is 0 Å². The molecular formula is C83H50P2. The normalized spacial score (nSPS) is 14.6. The standard InChI is InChI=1S/C83H50P2/c1-3-24-51(25-4-1)84-73-46-17-13-34-65(73)79-57(40-22-48-75(79)84)55-36-19-38-60-68(55)50-69-56(58-41-23-49-76-80(58)66-35-14-18-47-74(66)85(76)52-26-5-2-6-27-52)37-20-39-61(69)77(60)67-42-21-45-72-78(67)63-32-11-15-43-70(63)83(72)71-44-16-12-33-64(71)81-59-30-9-7-28-53(59)54-29-8-10-31-62(54)82(81)83/h1-50H. The molecule has 0 nitrogen and oxygen atoms in total. The van der Waals surface area contributed by atoms with Crippen molar-refractivity contribution in [1.82, 2.24) is 0 Å². The molecule has 85 heavy (non-hydrogen) atoms. The molecule has 0 saturated heterocycles. The maximum Gasteiger partial charge on any atom is 0.0731 e. The van der Waals surface area contributed by atoms with E-state index in [1.807, 2.05) is 0 Å². The minimum atomic E-state index is -0.765. The van der Waals surface area contributed by atoms with E-state index in [0.717, 1.165) is 0 Å². The summed E-state index contributed by atoms with van der Waals surface area (Å²) in [5.74, 6) is 0. The third kappa shape index (κ3) is 6.33. The largest absolute Gasteiger partial charge is 0.0772 e. The molecular weight excluding hydrogens is 1060 g/mol. The van der Waals surface area contributed by atoms with Crippen molar-refractivity contribution in [3.8, 4) is 66.2 Å². The van der Waals surface area contributed by atoms with E-state index in [1.54, 1.807) is 0 Å². The van der Waals surface area contributed by atoms with Crippen LogP contribution >= 0.6 is 15.1 Å². The fourth-order valence-corrected chi connectivity index (χ4v) is 21.5. The van der Waals surface area contributed by atoms with Crippen molar-refractivity contribution >= 4 is 100 Å². The predicted octanol–water partition coefficient (Wildman–Crippen LogP) is 24.2. The molecule has 0 aliphatic heterocycles. The molecule has 2 aliphatic rings. The van der Waals surface area contributed by atoms with Gasteiger partial charge in [-0.25, -0.2) is 0 Å². The zero-order valence-corrected chi connectivity index (χ0v) is 48.1. The first-order valence-electron chi connectivity index (χ1n) is 29.7. The van der Waals surface area contributed by atoms with Crippen LogP contribution in [0.1, 0.15) is 22.3 Å². The Morgan fingerprint density at radius 3 is 1.12 bits per heavy atom. The SMILES string of the molecule is c1ccc(-p2c3ccccc3c3c(-c4cccc5c(-c6cccc7c6-c6ccccc6C76c7ccccc7-c7c6c6ccccc6c6ccccc76)c6cccc(-c7cccc8c7c7ccccc7p8-c7ccccc7)c6cc45)cccc32)cc1. The summed E-state index contributed by atoms with van der Waals surface area (Å²) < 4.78 is 0. The summed E-state index contributed by atoms with van der Waals surface area (Å²) in [6.45, 7) is 0. The smallest absolute Gasteiger partial charge is 0.0731 e. The van der Waals surface area contributed by atoms with Gasteiger partial charge in [0.15, 0.2) is 0 Å². The van der Waals surface area contributed by atoms with E-state index in [0.29, 0.717) is 0 Å². The molecule has 0 radical (unpaired) electrons. The minimum Gasteiger partial charge on any atom is -0.0772 e. The topological polar surface area (TPSA) is 0 Å². The number of hydrogen-bond acceptors (Lipinski definition) is 0. The zero-order valence-electron chi connectivity index (χ0n) is 46.3. The third-order valence-electron chi connectivity index (χ3n) is 19.3. The Morgan fingerprint density at radius 2 is 0.553 bits per heavy atom. The van der Waals surface area contributed by atoms with Crippen LogP contribution in [0.5, 0.6) is 0 Å². The van der Waals surface area contributed by atoms with Crippen molar-refractivity contribution in [3.63, 3.8) is 0 Å². The Bertz CT molecular complexity index is 5510. The summed E-state index contributed by atoms with van der Waals surface area (Å²) in [6, 6.07) is 116. The first-order valence-corrected chi connectivity index (χ1v) is 32.4. The van der Waals surface area contributed by atoms with Crippen LogP contribution in [0.2, 0.25) is 0 Å². The summed E-state index contributed by atoms with van der Waals surface area (Å²) in [4.78, 5) is 0. The molecule has 2 aromatic heterocycles. The van der Waals surface area contributed by atoms with Gasteiger partial charge < -0.3 is 0 Å². The molecule has 3 unspecified atom stereocenters. The summed E-state index contributed by atoms with van der Waals surface area (Å²) in [5.41, 5.74) is 17.7. The molecule has 15 aromatic carbocycles. The lowest BCUT2D eigenvalue weighted by Crippen LogP contribution is -2.26. The van der Waals surface area contributed by atoms with Crippen LogP contribution in [0.15, 0.2) is 303 Å². The van der Waals surface area contributed by atoms with Crippen LogP contribution in [0.25, 0.3) is 151 Å². The number of benzene rings is 15. The fourth-order valence-electron chi connectivity index (χ4n) is 16.2. The van der Waals surface area contributed by atoms with Gasteiger partial charge in [0.05, 0.1) is 5.41 Å². The van der Waals surface area contributed by atoms with E-state index in [-0.39, 0.29) is 0 Å². The van der Waals surface area contributed by atoms with Gasteiger partial charge in [0.25, 0.3) is 0 Å². The van der Waals surface area contributed by atoms with Gasteiger partial charge in [-0.05, 0) is 161 Å². The summed E-state index contributed by atoms with van der Waals surface area (Å²) in [6.07, 6.45) is 0. The van der Waals surface area contributed by atoms with Gasteiger partial charge in [0.1, 0.15) is 0 Å². The van der Waals surface area contributed by atoms with E-state index in [2.05, 4.69) is 303 Å². The van der Waals surface area contributed by atoms with E-state index in [4.69, 9.17) is 0 Å². The molecule has 2 heterocycles. The molecule has 0 bridgehead atoms. The fraction of sp³-hybridized carbons (Fsp3) is 0.0120. The van der Waals surface area contributed by atoms with Crippen molar-refractivity contribution in [2.24, 2.45) is 0 Å². The van der Waals surface area contributed by atoms with Crippen molar-refractivity contribution in [2.75, 3.05) is 0 Å². The Kier molecular flexibility index (Phi) is 10.0. The number of rotatable bonds is 5. The Labute approximate surface area is 494 Å². The summed E-state index contributed by atoms with van der Waals surface area (Å²) >= 11 is 0. The first kappa shape index (κ1) is 47.4. The van der Waals surface area contributed by atoms with Crippen LogP contribution in [0.3, 0.4) is 0 Å². The molecule has 0 fully saturated rings. The third-order valence-corrected chi connectivity index (χ3v) is 24.4. The molecule has 0 saturated carbocycles. The minimum absolute atomic E-state index is 0.585. The van der Waals surface area contributed by atoms with Crippen molar-refractivity contribution in [3.05, 3.63) is 326 Å². The Hall–Kier alpha value is -10.1. The molecule has 3 atom stereocenters. The van der Waals surface area contributed by atoms with Crippen LogP contribution in [0, 0.1) is 0 Å². The molecule has 19 rings (SSSR count). The monoisotopic (exact) mass is 1110 g/mol. The quantitative estimate of drug-likeness (QED) is 0.119. The van der Waals surface area contributed by atoms with Gasteiger partial charge in [-0.3, -0.25) is 0 Å². The second-order valence-electron chi connectivity index (χ2n) is 23.2. The van der Waals surface area contributed by atoms with Gasteiger partial charge in [-0.2, -0.15) is 0 Å². The number of hydrogen-bond donors (Lipinski definition) is 0. The Morgan fingerprint density at radius 1 is 0.200 bits per heavy atom. The molecule has 1 spiro atoms. The molecule has 2 heteroatoms.